The zero-order chi connectivity index (χ0) is 12.1. The molecule has 0 spiro atoms. The van der Waals surface area contributed by atoms with Crippen molar-refractivity contribution in [3.05, 3.63) is 38.5 Å². The standard InChI is InChI=1S/C12H17N3S2/c1-15(8-11-3-2-6-16-11)7-10-9-17-12(14-10)4-5-13/h2-3,6,9H,4-5,7-8,13H2,1H3. The first-order valence-electron chi connectivity index (χ1n) is 5.62. The zero-order valence-electron chi connectivity index (χ0n) is 9.93. The monoisotopic (exact) mass is 267 g/mol. The van der Waals surface area contributed by atoms with Gasteiger partial charge in [-0.3, -0.25) is 4.90 Å². The van der Waals surface area contributed by atoms with Crippen LogP contribution < -0.4 is 5.73 Å². The summed E-state index contributed by atoms with van der Waals surface area (Å²) in [4.78, 5) is 8.25. The predicted octanol–water partition coefficient (Wildman–Crippen LogP) is 2.34. The third kappa shape index (κ3) is 3.89. The van der Waals surface area contributed by atoms with E-state index in [1.54, 1.807) is 22.7 Å². The third-order valence-electron chi connectivity index (χ3n) is 2.40. The lowest BCUT2D eigenvalue weighted by molar-refractivity contribution is 0.318. The molecule has 0 fully saturated rings. The molecule has 0 atom stereocenters. The highest BCUT2D eigenvalue weighted by Gasteiger charge is 2.06. The first kappa shape index (κ1) is 12.7. The van der Waals surface area contributed by atoms with Crippen molar-refractivity contribution in [2.24, 2.45) is 5.73 Å². The Labute approximate surface area is 110 Å². The summed E-state index contributed by atoms with van der Waals surface area (Å²) >= 11 is 3.51. The van der Waals surface area contributed by atoms with Gasteiger partial charge >= 0.3 is 0 Å². The van der Waals surface area contributed by atoms with E-state index in [0.29, 0.717) is 6.54 Å². The van der Waals surface area contributed by atoms with E-state index in [0.717, 1.165) is 30.2 Å². The van der Waals surface area contributed by atoms with Crippen LogP contribution in [0.25, 0.3) is 0 Å². The molecule has 5 heteroatoms. The number of nitrogens with two attached hydrogens (primary N) is 1. The average molecular weight is 267 g/mol. The Morgan fingerprint density at radius 3 is 2.94 bits per heavy atom. The van der Waals surface area contributed by atoms with Gasteiger partial charge in [0.25, 0.3) is 0 Å². The molecule has 17 heavy (non-hydrogen) atoms. The fourth-order valence-electron chi connectivity index (χ4n) is 1.66. The van der Waals surface area contributed by atoms with Gasteiger partial charge in [-0.2, -0.15) is 0 Å². The summed E-state index contributed by atoms with van der Waals surface area (Å²) in [6.45, 7) is 2.57. The van der Waals surface area contributed by atoms with E-state index in [1.165, 1.54) is 4.88 Å². The van der Waals surface area contributed by atoms with Gasteiger partial charge in [-0.25, -0.2) is 4.98 Å². The van der Waals surface area contributed by atoms with E-state index >= 15 is 0 Å². The van der Waals surface area contributed by atoms with Gasteiger partial charge in [-0.05, 0) is 25.0 Å². The molecule has 0 amide bonds. The summed E-state index contributed by atoms with van der Waals surface area (Å²) in [6.07, 6.45) is 0.888. The van der Waals surface area contributed by atoms with Crippen LogP contribution in [0.15, 0.2) is 22.9 Å². The molecule has 92 valence electrons. The minimum absolute atomic E-state index is 0.679. The number of thiophene rings is 1. The van der Waals surface area contributed by atoms with Gasteiger partial charge in [-0.1, -0.05) is 6.07 Å². The van der Waals surface area contributed by atoms with Gasteiger partial charge < -0.3 is 5.73 Å². The summed E-state index contributed by atoms with van der Waals surface area (Å²) in [5.41, 5.74) is 6.67. The molecule has 0 unspecified atom stereocenters. The lowest BCUT2D eigenvalue weighted by atomic mass is 10.4. The second-order valence-electron chi connectivity index (χ2n) is 4.02. The highest BCUT2D eigenvalue weighted by molar-refractivity contribution is 7.10. The van der Waals surface area contributed by atoms with Crippen molar-refractivity contribution in [2.75, 3.05) is 13.6 Å². The van der Waals surface area contributed by atoms with Crippen molar-refractivity contribution in [3.8, 4) is 0 Å². The number of hydrogen-bond acceptors (Lipinski definition) is 5. The fourth-order valence-corrected chi connectivity index (χ4v) is 3.25. The Morgan fingerprint density at radius 2 is 2.24 bits per heavy atom. The lowest BCUT2D eigenvalue weighted by Crippen LogP contribution is -2.16. The van der Waals surface area contributed by atoms with Gasteiger partial charge in [0, 0.05) is 29.8 Å². The Morgan fingerprint density at radius 1 is 1.35 bits per heavy atom. The second kappa shape index (κ2) is 6.26. The van der Waals surface area contributed by atoms with Crippen molar-refractivity contribution in [2.45, 2.75) is 19.5 Å². The van der Waals surface area contributed by atoms with Crippen LogP contribution in [0.5, 0.6) is 0 Å². The molecule has 2 heterocycles. The van der Waals surface area contributed by atoms with E-state index in [-0.39, 0.29) is 0 Å². The van der Waals surface area contributed by atoms with Crippen molar-refractivity contribution in [1.82, 2.24) is 9.88 Å². The molecule has 0 aliphatic rings. The second-order valence-corrected chi connectivity index (χ2v) is 6.00. The molecule has 0 radical (unpaired) electrons. The van der Waals surface area contributed by atoms with E-state index < -0.39 is 0 Å². The Hall–Kier alpha value is -0.750. The predicted molar refractivity (Wildman–Crippen MR) is 74.4 cm³/mol. The number of rotatable bonds is 6. The quantitative estimate of drug-likeness (QED) is 0.873. The van der Waals surface area contributed by atoms with E-state index in [1.807, 2.05) is 0 Å². The van der Waals surface area contributed by atoms with Gasteiger partial charge in [0.05, 0.1) is 10.7 Å². The molecule has 2 aromatic rings. The highest BCUT2D eigenvalue weighted by atomic mass is 32.1. The number of thiazole rings is 1. The summed E-state index contributed by atoms with van der Waals surface area (Å²) in [7, 11) is 2.13. The van der Waals surface area contributed by atoms with E-state index in [9.17, 15) is 0 Å². The van der Waals surface area contributed by atoms with Crippen LogP contribution in [0.2, 0.25) is 0 Å². The van der Waals surface area contributed by atoms with Crippen LogP contribution in [0.1, 0.15) is 15.6 Å². The molecule has 0 aromatic carbocycles. The van der Waals surface area contributed by atoms with Gasteiger partial charge in [0.2, 0.25) is 0 Å². The van der Waals surface area contributed by atoms with Crippen LogP contribution in [-0.2, 0) is 19.5 Å². The smallest absolute Gasteiger partial charge is 0.0941 e. The van der Waals surface area contributed by atoms with E-state index in [2.05, 4.69) is 39.8 Å². The third-order valence-corrected chi connectivity index (χ3v) is 4.21. The zero-order valence-corrected chi connectivity index (χ0v) is 11.6. The SMILES string of the molecule is CN(Cc1csc(CCN)n1)Cc1cccs1. The minimum atomic E-state index is 0.679. The average Bonchev–Trinajstić information content (AvgIpc) is 2.91. The van der Waals surface area contributed by atoms with Crippen LogP contribution in [-0.4, -0.2) is 23.5 Å². The first-order valence-corrected chi connectivity index (χ1v) is 7.38. The van der Waals surface area contributed by atoms with Gasteiger partial charge in [0.15, 0.2) is 0 Å². The molecule has 0 bridgehead atoms. The molecule has 3 nitrogen and oxygen atoms in total. The number of nitrogens with zero attached hydrogens (tertiary/aromatic N) is 2. The maximum atomic E-state index is 5.52. The normalized spacial score (nSPS) is 11.2. The van der Waals surface area contributed by atoms with Crippen LogP contribution in [0.3, 0.4) is 0 Å². The number of hydrogen-bond donors (Lipinski definition) is 1. The van der Waals surface area contributed by atoms with Crippen molar-refractivity contribution >= 4 is 22.7 Å². The van der Waals surface area contributed by atoms with Crippen molar-refractivity contribution in [1.29, 1.82) is 0 Å². The van der Waals surface area contributed by atoms with Gasteiger partial charge in [0.1, 0.15) is 0 Å². The number of aromatic nitrogens is 1. The molecule has 0 aliphatic heterocycles. The lowest BCUT2D eigenvalue weighted by Gasteiger charge is -2.13. The topological polar surface area (TPSA) is 42.1 Å². The molecule has 2 aromatic heterocycles. The van der Waals surface area contributed by atoms with Crippen molar-refractivity contribution < 1.29 is 0 Å². The Bertz CT molecular complexity index is 436. The largest absolute Gasteiger partial charge is 0.330 e. The summed E-state index contributed by atoms with van der Waals surface area (Å²) < 4.78 is 0. The maximum absolute atomic E-state index is 5.52. The van der Waals surface area contributed by atoms with Crippen LogP contribution >= 0.6 is 22.7 Å². The van der Waals surface area contributed by atoms with Crippen molar-refractivity contribution in [3.63, 3.8) is 0 Å². The Kier molecular flexibility index (Phi) is 4.67. The van der Waals surface area contributed by atoms with E-state index in [4.69, 9.17) is 5.73 Å². The highest BCUT2D eigenvalue weighted by Crippen LogP contribution is 2.15. The first-order chi connectivity index (χ1) is 8.28. The van der Waals surface area contributed by atoms with Gasteiger partial charge in [-0.15, -0.1) is 22.7 Å². The maximum Gasteiger partial charge on any atom is 0.0941 e. The Balaban J connectivity index is 1.86. The summed E-state index contributed by atoms with van der Waals surface area (Å²) in [5.74, 6) is 0. The molecule has 2 N–H and O–H groups in total. The molecule has 0 saturated heterocycles. The molecule has 2 rings (SSSR count). The summed E-state index contributed by atoms with van der Waals surface area (Å²) in [6, 6.07) is 4.26. The molecular weight excluding hydrogens is 250 g/mol. The summed E-state index contributed by atoms with van der Waals surface area (Å²) in [5, 5.41) is 5.40. The minimum Gasteiger partial charge on any atom is -0.330 e. The molecular formula is C12H17N3S2. The van der Waals surface area contributed by atoms with Crippen LogP contribution in [0.4, 0.5) is 0 Å². The fraction of sp³-hybridized carbons (Fsp3) is 0.417. The van der Waals surface area contributed by atoms with Crippen LogP contribution in [0, 0.1) is 0 Å². The molecule has 0 aliphatic carbocycles. The molecule has 0 saturated carbocycles.